The van der Waals surface area contributed by atoms with Crippen LogP contribution in [0.4, 0.5) is 0 Å². The number of carbonyl (C=O) groups excluding carboxylic acids is 2. The number of amides is 2. The van der Waals surface area contributed by atoms with E-state index in [0.29, 0.717) is 13.0 Å². The summed E-state index contributed by atoms with van der Waals surface area (Å²) in [7, 11) is 0. The lowest BCUT2D eigenvalue weighted by Crippen LogP contribution is -2.49. The standard InChI is InChI=1S/C18H24N2O3/c1-3-13(2)23-16-9-5-4-7-14(16)10-11-17(21)20-15-8-6-12-19-18(15)22/h4-5,7,9-11,13,15H,3,6,8,12H2,1-2H3,(H,19,22)(H,20,21)/b11-10-/t13-,15+/m0/s1. The Labute approximate surface area is 137 Å². The lowest BCUT2D eigenvalue weighted by atomic mass is 10.1. The number of para-hydroxylation sites is 1. The molecule has 23 heavy (non-hydrogen) atoms. The third-order valence-corrected chi connectivity index (χ3v) is 3.84. The summed E-state index contributed by atoms with van der Waals surface area (Å²) >= 11 is 0. The molecule has 1 heterocycles. The van der Waals surface area contributed by atoms with Crippen LogP contribution in [0.1, 0.15) is 38.7 Å². The minimum Gasteiger partial charge on any atom is -0.490 e. The van der Waals surface area contributed by atoms with Crippen LogP contribution in [-0.2, 0) is 9.59 Å². The number of hydrogen-bond donors (Lipinski definition) is 2. The Hall–Kier alpha value is -2.30. The van der Waals surface area contributed by atoms with Gasteiger partial charge in [0.2, 0.25) is 11.8 Å². The highest BCUT2D eigenvalue weighted by atomic mass is 16.5. The van der Waals surface area contributed by atoms with Crippen molar-refractivity contribution in [3.8, 4) is 5.75 Å². The van der Waals surface area contributed by atoms with Crippen molar-refractivity contribution in [2.45, 2.75) is 45.3 Å². The Morgan fingerprint density at radius 1 is 1.48 bits per heavy atom. The van der Waals surface area contributed by atoms with Crippen molar-refractivity contribution in [1.29, 1.82) is 0 Å². The minimum atomic E-state index is -0.437. The van der Waals surface area contributed by atoms with Crippen LogP contribution in [0, 0.1) is 0 Å². The van der Waals surface area contributed by atoms with E-state index in [9.17, 15) is 9.59 Å². The number of rotatable bonds is 6. The quantitative estimate of drug-likeness (QED) is 0.791. The van der Waals surface area contributed by atoms with Crippen LogP contribution in [0.15, 0.2) is 30.3 Å². The molecule has 2 N–H and O–H groups in total. The van der Waals surface area contributed by atoms with Gasteiger partial charge < -0.3 is 15.4 Å². The molecule has 0 aromatic heterocycles. The number of piperidine rings is 1. The van der Waals surface area contributed by atoms with E-state index in [1.54, 1.807) is 6.08 Å². The maximum atomic E-state index is 12.0. The number of ether oxygens (including phenoxy) is 1. The Bertz CT molecular complexity index is 583. The second-order valence-corrected chi connectivity index (χ2v) is 5.70. The highest BCUT2D eigenvalue weighted by Gasteiger charge is 2.22. The largest absolute Gasteiger partial charge is 0.490 e. The van der Waals surface area contributed by atoms with Gasteiger partial charge in [0.05, 0.1) is 6.10 Å². The first-order chi connectivity index (χ1) is 11.1. The fourth-order valence-electron chi connectivity index (χ4n) is 2.32. The van der Waals surface area contributed by atoms with Gasteiger partial charge in [0.25, 0.3) is 0 Å². The SMILES string of the molecule is CC[C@H](C)Oc1ccccc1/C=C\C(=O)N[C@@H]1CCCNC1=O. The van der Waals surface area contributed by atoms with Crippen molar-refractivity contribution < 1.29 is 14.3 Å². The Morgan fingerprint density at radius 2 is 2.26 bits per heavy atom. The maximum Gasteiger partial charge on any atom is 0.244 e. The molecule has 1 saturated heterocycles. The molecule has 0 radical (unpaired) electrons. The van der Waals surface area contributed by atoms with E-state index in [4.69, 9.17) is 4.74 Å². The lowest BCUT2D eigenvalue weighted by molar-refractivity contribution is -0.128. The van der Waals surface area contributed by atoms with Crippen LogP contribution in [0.25, 0.3) is 6.08 Å². The Morgan fingerprint density at radius 3 is 3.00 bits per heavy atom. The first kappa shape index (κ1) is 17.1. The summed E-state index contributed by atoms with van der Waals surface area (Å²) in [5.41, 5.74) is 0.844. The molecule has 5 heteroatoms. The zero-order chi connectivity index (χ0) is 16.7. The van der Waals surface area contributed by atoms with Gasteiger partial charge >= 0.3 is 0 Å². The smallest absolute Gasteiger partial charge is 0.244 e. The topological polar surface area (TPSA) is 67.4 Å². The van der Waals surface area contributed by atoms with Crippen LogP contribution in [0.5, 0.6) is 5.75 Å². The molecular formula is C18H24N2O3. The highest BCUT2D eigenvalue weighted by Crippen LogP contribution is 2.21. The molecule has 2 amide bonds. The second-order valence-electron chi connectivity index (χ2n) is 5.70. The summed E-state index contributed by atoms with van der Waals surface area (Å²) in [4.78, 5) is 23.6. The Balaban J connectivity index is 1.99. The van der Waals surface area contributed by atoms with E-state index >= 15 is 0 Å². The van der Waals surface area contributed by atoms with Gasteiger partial charge in [0, 0.05) is 18.2 Å². The van der Waals surface area contributed by atoms with E-state index in [1.807, 2.05) is 31.2 Å². The summed E-state index contributed by atoms with van der Waals surface area (Å²) in [5.74, 6) is 0.366. The fraction of sp³-hybridized carbons (Fsp3) is 0.444. The van der Waals surface area contributed by atoms with Gasteiger partial charge in [-0.3, -0.25) is 9.59 Å². The van der Waals surface area contributed by atoms with Crippen molar-refractivity contribution in [3.05, 3.63) is 35.9 Å². The summed E-state index contributed by atoms with van der Waals surface area (Å²) in [6, 6.07) is 7.15. The monoisotopic (exact) mass is 316 g/mol. The predicted molar refractivity (Wildman–Crippen MR) is 90.0 cm³/mol. The third-order valence-electron chi connectivity index (χ3n) is 3.84. The summed E-state index contributed by atoms with van der Waals surface area (Å²) < 4.78 is 5.85. The summed E-state index contributed by atoms with van der Waals surface area (Å²) in [6.45, 7) is 4.75. The van der Waals surface area contributed by atoms with E-state index in [0.717, 1.165) is 24.2 Å². The average Bonchev–Trinajstić information content (AvgIpc) is 2.56. The Kier molecular flexibility index (Phi) is 6.20. The van der Waals surface area contributed by atoms with Crippen LogP contribution < -0.4 is 15.4 Å². The number of benzene rings is 1. The number of carbonyl (C=O) groups is 2. The fourth-order valence-corrected chi connectivity index (χ4v) is 2.32. The summed E-state index contributed by atoms with van der Waals surface area (Å²) in [5, 5.41) is 5.48. The normalized spacial score (nSPS) is 19.2. The van der Waals surface area contributed by atoms with Gasteiger partial charge in [-0.05, 0) is 38.3 Å². The molecule has 5 nitrogen and oxygen atoms in total. The van der Waals surface area contributed by atoms with Crippen molar-refractivity contribution in [3.63, 3.8) is 0 Å². The number of hydrogen-bond acceptors (Lipinski definition) is 3. The van der Waals surface area contributed by atoms with Gasteiger partial charge in [-0.15, -0.1) is 0 Å². The molecule has 1 aliphatic heterocycles. The van der Waals surface area contributed by atoms with E-state index in [1.165, 1.54) is 6.08 Å². The van der Waals surface area contributed by atoms with Crippen molar-refractivity contribution in [2.24, 2.45) is 0 Å². The van der Waals surface area contributed by atoms with Crippen molar-refractivity contribution in [2.75, 3.05) is 6.54 Å². The maximum absolute atomic E-state index is 12.0. The molecule has 1 aromatic rings. The van der Waals surface area contributed by atoms with Gasteiger partial charge in [-0.25, -0.2) is 0 Å². The average molecular weight is 316 g/mol. The molecule has 0 spiro atoms. The zero-order valence-corrected chi connectivity index (χ0v) is 13.7. The minimum absolute atomic E-state index is 0.112. The molecule has 124 valence electrons. The third kappa shape index (κ3) is 5.13. The van der Waals surface area contributed by atoms with E-state index < -0.39 is 6.04 Å². The highest BCUT2D eigenvalue weighted by molar-refractivity contribution is 5.95. The molecule has 1 aliphatic rings. The lowest BCUT2D eigenvalue weighted by Gasteiger charge is -2.22. The molecule has 1 aromatic carbocycles. The predicted octanol–water partition coefficient (Wildman–Crippen LogP) is 2.27. The van der Waals surface area contributed by atoms with Crippen LogP contribution >= 0.6 is 0 Å². The van der Waals surface area contributed by atoms with E-state index in [2.05, 4.69) is 17.6 Å². The molecule has 0 aliphatic carbocycles. The van der Waals surface area contributed by atoms with Crippen molar-refractivity contribution >= 4 is 17.9 Å². The van der Waals surface area contributed by atoms with Crippen molar-refractivity contribution in [1.82, 2.24) is 10.6 Å². The number of nitrogens with one attached hydrogen (secondary N) is 2. The first-order valence-corrected chi connectivity index (χ1v) is 8.12. The van der Waals surface area contributed by atoms with Gasteiger partial charge in [0.1, 0.15) is 11.8 Å². The zero-order valence-electron chi connectivity index (χ0n) is 13.7. The van der Waals surface area contributed by atoms with Crippen LogP contribution in [0.3, 0.4) is 0 Å². The summed E-state index contributed by atoms with van der Waals surface area (Å²) in [6.07, 6.45) is 5.75. The molecule has 2 rings (SSSR count). The van der Waals surface area contributed by atoms with Crippen LogP contribution in [0.2, 0.25) is 0 Å². The van der Waals surface area contributed by atoms with Gasteiger partial charge in [-0.1, -0.05) is 25.1 Å². The van der Waals surface area contributed by atoms with Crippen LogP contribution in [-0.4, -0.2) is 30.5 Å². The molecule has 2 atom stereocenters. The second kappa shape index (κ2) is 8.36. The molecule has 1 fully saturated rings. The van der Waals surface area contributed by atoms with Gasteiger partial charge in [-0.2, -0.15) is 0 Å². The van der Waals surface area contributed by atoms with E-state index in [-0.39, 0.29) is 17.9 Å². The molecule has 0 bridgehead atoms. The molecule has 0 saturated carbocycles. The van der Waals surface area contributed by atoms with Gasteiger partial charge in [0.15, 0.2) is 0 Å². The molecule has 0 unspecified atom stereocenters. The first-order valence-electron chi connectivity index (χ1n) is 8.12. The molecular weight excluding hydrogens is 292 g/mol.